The molecule has 0 radical (unpaired) electrons. The topological polar surface area (TPSA) is 21.3 Å². The van der Waals surface area contributed by atoms with E-state index < -0.39 is 0 Å². The number of furan rings is 1. The number of hydrogen-bond donors (Lipinski definition) is 0. The quantitative estimate of drug-likeness (QED) is 0.172. The molecule has 0 spiro atoms. The van der Waals surface area contributed by atoms with Crippen LogP contribution < -0.4 is 4.90 Å². The van der Waals surface area contributed by atoms with E-state index in [-0.39, 0.29) is 0 Å². The van der Waals surface area contributed by atoms with Crippen molar-refractivity contribution in [3.8, 4) is 27.9 Å². The van der Waals surface area contributed by atoms with Crippen LogP contribution in [-0.2, 0) is 0 Å². The third-order valence-corrected chi connectivity index (χ3v) is 11.0. The van der Waals surface area contributed by atoms with Crippen molar-refractivity contribution in [2.75, 3.05) is 4.90 Å². The fourth-order valence-electron chi connectivity index (χ4n) is 8.41. The molecule has 0 fully saturated rings. The van der Waals surface area contributed by atoms with Crippen molar-refractivity contribution >= 4 is 71.6 Å². The predicted octanol–water partition coefficient (Wildman–Crippen LogP) is 14.6. The predicted molar refractivity (Wildman–Crippen MR) is 231 cm³/mol. The molecule has 3 nitrogen and oxygen atoms in total. The van der Waals surface area contributed by atoms with Crippen molar-refractivity contribution < 1.29 is 4.42 Å². The average molecular weight is 703 g/mol. The van der Waals surface area contributed by atoms with Crippen molar-refractivity contribution in [1.29, 1.82) is 0 Å². The Morgan fingerprint density at radius 2 is 1.00 bits per heavy atom. The van der Waals surface area contributed by atoms with E-state index in [9.17, 15) is 0 Å². The molecule has 0 saturated carbocycles. The Balaban J connectivity index is 1.15. The summed E-state index contributed by atoms with van der Waals surface area (Å²) in [4.78, 5) is 2.40. The Morgan fingerprint density at radius 1 is 0.382 bits per heavy atom. The first kappa shape index (κ1) is 31.2. The number of para-hydroxylation sites is 2. The average Bonchev–Trinajstić information content (AvgIpc) is 3.81. The first-order chi connectivity index (χ1) is 27.3. The molecular formula is C52H34N2O. The van der Waals surface area contributed by atoms with Crippen molar-refractivity contribution in [2.45, 2.75) is 0 Å². The van der Waals surface area contributed by atoms with E-state index in [1.165, 1.54) is 33.0 Å². The normalized spacial score (nSPS) is 11.6. The Bertz CT molecular complexity index is 3190. The highest BCUT2D eigenvalue weighted by molar-refractivity contribution is 6.20. The highest BCUT2D eigenvalue weighted by Crippen LogP contribution is 2.46. The monoisotopic (exact) mass is 702 g/mol. The molecule has 0 amide bonds. The second-order valence-corrected chi connectivity index (χ2v) is 14.1. The van der Waals surface area contributed by atoms with Crippen molar-refractivity contribution in [3.63, 3.8) is 0 Å². The van der Waals surface area contributed by atoms with E-state index in [0.717, 1.165) is 66.5 Å². The number of anilines is 3. The van der Waals surface area contributed by atoms with E-state index in [1.54, 1.807) is 0 Å². The van der Waals surface area contributed by atoms with Gasteiger partial charge in [0, 0.05) is 38.6 Å². The smallest absolute Gasteiger partial charge is 0.143 e. The first-order valence-corrected chi connectivity index (χ1v) is 18.8. The summed E-state index contributed by atoms with van der Waals surface area (Å²) in [5.74, 6) is 0. The maximum atomic E-state index is 6.73. The largest absolute Gasteiger partial charge is 0.455 e. The number of benzene rings is 9. The number of aromatic nitrogens is 1. The highest BCUT2D eigenvalue weighted by atomic mass is 16.3. The van der Waals surface area contributed by atoms with Crippen LogP contribution in [0.4, 0.5) is 17.1 Å². The highest BCUT2D eigenvalue weighted by Gasteiger charge is 2.22. The summed E-state index contributed by atoms with van der Waals surface area (Å²) in [5, 5.41) is 6.91. The molecule has 11 rings (SSSR count). The van der Waals surface area contributed by atoms with E-state index in [1.807, 2.05) is 0 Å². The summed E-state index contributed by atoms with van der Waals surface area (Å²) in [6, 6.07) is 73.9. The molecule has 9 aromatic carbocycles. The number of nitrogens with zero attached hydrogens (tertiary/aromatic N) is 2. The lowest BCUT2D eigenvalue weighted by molar-refractivity contribution is 0.672. The number of hydrogen-bond acceptors (Lipinski definition) is 2. The number of rotatable bonds is 6. The molecule has 2 heterocycles. The van der Waals surface area contributed by atoms with Crippen LogP contribution in [-0.4, -0.2) is 4.57 Å². The molecule has 258 valence electrons. The van der Waals surface area contributed by atoms with E-state index in [2.05, 4.69) is 216 Å². The van der Waals surface area contributed by atoms with E-state index >= 15 is 0 Å². The van der Waals surface area contributed by atoms with Crippen LogP contribution in [0.15, 0.2) is 211 Å². The van der Waals surface area contributed by atoms with Gasteiger partial charge in [-0.15, -0.1) is 0 Å². The third kappa shape index (κ3) is 5.13. The molecule has 0 aliphatic carbocycles. The van der Waals surface area contributed by atoms with Crippen molar-refractivity contribution in [3.05, 3.63) is 206 Å². The minimum Gasteiger partial charge on any atom is -0.455 e. The van der Waals surface area contributed by atoms with Crippen LogP contribution in [0.5, 0.6) is 0 Å². The van der Waals surface area contributed by atoms with Crippen molar-refractivity contribution in [1.82, 2.24) is 4.57 Å². The molecule has 0 N–H and O–H groups in total. The molecule has 0 saturated heterocycles. The summed E-state index contributed by atoms with van der Waals surface area (Å²) in [7, 11) is 0. The van der Waals surface area contributed by atoms with Gasteiger partial charge >= 0.3 is 0 Å². The van der Waals surface area contributed by atoms with Gasteiger partial charge in [0.2, 0.25) is 0 Å². The summed E-state index contributed by atoms with van der Waals surface area (Å²) >= 11 is 0. The minimum absolute atomic E-state index is 0.862. The molecule has 0 aliphatic heterocycles. The summed E-state index contributed by atoms with van der Waals surface area (Å²) in [5.41, 5.74) is 13.2. The zero-order chi connectivity index (χ0) is 36.3. The fraction of sp³-hybridized carbons (Fsp3) is 0. The molecule has 55 heavy (non-hydrogen) atoms. The Hall–Kier alpha value is -7.36. The maximum absolute atomic E-state index is 6.73. The minimum atomic E-state index is 0.862. The van der Waals surface area contributed by atoms with Gasteiger partial charge in [-0.3, -0.25) is 0 Å². The second kappa shape index (κ2) is 12.6. The van der Waals surface area contributed by atoms with Gasteiger partial charge in [0.25, 0.3) is 0 Å². The lowest BCUT2D eigenvalue weighted by atomic mass is 9.99. The van der Waals surface area contributed by atoms with E-state index in [4.69, 9.17) is 4.42 Å². The molecule has 2 aromatic heterocycles. The van der Waals surface area contributed by atoms with Gasteiger partial charge < -0.3 is 13.9 Å². The van der Waals surface area contributed by atoms with Gasteiger partial charge in [0.15, 0.2) is 0 Å². The van der Waals surface area contributed by atoms with Gasteiger partial charge in [-0.25, -0.2) is 0 Å². The SMILES string of the molecule is c1ccc(-c2ccc(-c3cccc(N(c4ccc5c6ccccc6n(-c6ccccc6)c5c4)c4cccc5oc6c7ccccc7ccc6c45)c3)cc2)cc1. The third-order valence-electron chi connectivity index (χ3n) is 11.0. The summed E-state index contributed by atoms with van der Waals surface area (Å²) < 4.78 is 9.11. The van der Waals surface area contributed by atoms with Crippen LogP contribution >= 0.6 is 0 Å². The molecule has 11 aromatic rings. The Labute approximate surface area is 318 Å². The van der Waals surface area contributed by atoms with Gasteiger partial charge in [0.1, 0.15) is 11.2 Å². The molecular weight excluding hydrogens is 669 g/mol. The molecule has 0 unspecified atom stereocenters. The lowest BCUT2D eigenvalue weighted by Crippen LogP contribution is -2.10. The van der Waals surface area contributed by atoms with Gasteiger partial charge in [0.05, 0.1) is 22.1 Å². The molecule has 0 atom stereocenters. The van der Waals surface area contributed by atoms with Gasteiger partial charge in [-0.05, 0) is 88.3 Å². The zero-order valence-electron chi connectivity index (χ0n) is 29.9. The van der Waals surface area contributed by atoms with Gasteiger partial charge in [-0.1, -0.05) is 146 Å². The standard InChI is InChI=1S/C52H34N2O/c1-3-13-35(14-4-1)36-25-27-37(28-26-36)39-16-11-19-41(33-39)53(48-23-12-24-50-51(48)46-31-29-38-15-7-8-20-43(38)52(46)55-50)42-30-32-45-44-21-9-10-22-47(44)54(49(45)34-42)40-17-5-2-6-18-40/h1-34H. The molecule has 0 aliphatic rings. The van der Waals surface area contributed by atoms with Crippen LogP contribution in [0.25, 0.3) is 82.5 Å². The molecule has 0 bridgehead atoms. The van der Waals surface area contributed by atoms with Crippen LogP contribution in [0.3, 0.4) is 0 Å². The second-order valence-electron chi connectivity index (χ2n) is 14.1. The van der Waals surface area contributed by atoms with Gasteiger partial charge in [-0.2, -0.15) is 0 Å². The van der Waals surface area contributed by atoms with Crippen LogP contribution in [0.2, 0.25) is 0 Å². The Morgan fingerprint density at radius 3 is 1.84 bits per heavy atom. The maximum Gasteiger partial charge on any atom is 0.143 e. The number of fused-ring (bicyclic) bond motifs is 8. The zero-order valence-corrected chi connectivity index (χ0v) is 29.9. The van der Waals surface area contributed by atoms with Crippen LogP contribution in [0.1, 0.15) is 0 Å². The fourth-order valence-corrected chi connectivity index (χ4v) is 8.41. The first-order valence-electron chi connectivity index (χ1n) is 18.8. The molecule has 3 heteroatoms. The lowest BCUT2D eigenvalue weighted by Gasteiger charge is -2.27. The Kier molecular flexibility index (Phi) is 7.17. The summed E-state index contributed by atoms with van der Waals surface area (Å²) in [6.45, 7) is 0. The summed E-state index contributed by atoms with van der Waals surface area (Å²) in [6.07, 6.45) is 0. The van der Waals surface area contributed by atoms with E-state index in [0.29, 0.717) is 0 Å². The van der Waals surface area contributed by atoms with Crippen molar-refractivity contribution in [2.24, 2.45) is 0 Å². The van der Waals surface area contributed by atoms with Crippen LogP contribution in [0, 0.1) is 0 Å².